The van der Waals surface area contributed by atoms with E-state index >= 15 is 0 Å². The summed E-state index contributed by atoms with van der Waals surface area (Å²) in [6.45, 7) is 5.82. The fourth-order valence-electron chi connectivity index (χ4n) is 1.36. The molecule has 0 saturated carbocycles. The highest BCUT2D eigenvalue weighted by Crippen LogP contribution is 2.24. The summed E-state index contributed by atoms with van der Waals surface area (Å²) in [4.78, 5) is 0. The van der Waals surface area contributed by atoms with Gasteiger partial charge >= 0.3 is 0 Å². The maximum Gasteiger partial charge on any atom is 0.142 e. The molecule has 0 saturated heterocycles. The lowest BCUT2D eigenvalue weighted by atomic mass is 10.1. The van der Waals surface area contributed by atoms with Crippen molar-refractivity contribution >= 4 is 12.2 Å². The van der Waals surface area contributed by atoms with Crippen LogP contribution in [0, 0.1) is 19.3 Å². The van der Waals surface area contributed by atoms with Crippen LogP contribution in [0.2, 0.25) is 0 Å². The van der Waals surface area contributed by atoms with Crippen LogP contribution in [0.4, 0.5) is 0 Å². The van der Waals surface area contributed by atoms with Crippen LogP contribution in [0.5, 0.6) is 0 Å². The van der Waals surface area contributed by atoms with Gasteiger partial charge in [0.2, 0.25) is 0 Å². The molecule has 0 aliphatic carbocycles. The molecule has 0 atom stereocenters. The number of rotatable bonds is 2. The van der Waals surface area contributed by atoms with Crippen molar-refractivity contribution in [2.45, 2.75) is 20.8 Å². The SMILES string of the molecule is C#Cc1c(/C=C\C)oc(C)c1/C=C\C. The van der Waals surface area contributed by atoms with Gasteiger partial charge in [0.1, 0.15) is 11.5 Å². The number of aryl methyl sites for hydroxylation is 1. The first-order valence-electron chi connectivity index (χ1n) is 4.60. The molecule has 0 fully saturated rings. The fourth-order valence-corrected chi connectivity index (χ4v) is 1.36. The van der Waals surface area contributed by atoms with Crippen molar-refractivity contribution in [1.82, 2.24) is 0 Å². The Morgan fingerprint density at radius 3 is 2.36 bits per heavy atom. The van der Waals surface area contributed by atoms with Crippen molar-refractivity contribution in [3.63, 3.8) is 0 Å². The second-order valence-electron chi connectivity index (χ2n) is 2.96. The molecule has 0 aromatic carbocycles. The average Bonchev–Trinajstić information content (AvgIpc) is 2.44. The van der Waals surface area contributed by atoms with Crippen LogP contribution < -0.4 is 0 Å². The average molecular weight is 186 g/mol. The summed E-state index contributed by atoms with van der Waals surface area (Å²) in [5.41, 5.74) is 1.84. The van der Waals surface area contributed by atoms with Crippen molar-refractivity contribution in [1.29, 1.82) is 0 Å². The van der Waals surface area contributed by atoms with E-state index in [4.69, 9.17) is 10.8 Å². The summed E-state index contributed by atoms with van der Waals surface area (Å²) < 4.78 is 5.55. The molecular weight excluding hydrogens is 172 g/mol. The van der Waals surface area contributed by atoms with Crippen LogP contribution in [0.3, 0.4) is 0 Å². The Labute approximate surface area is 85.1 Å². The van der Waals surface area contributed by atoms with Crippen LogP contribution >= 0.6 is 0 Å². The smallest absolute Gasteiger partial charge is 0.142 e. The predicted octanol–water partition coefficient (Wildman–Crippen LogP) is 3.64. The zero-order valence-electron chi connectivity index (χ0n) is 8.79. The third kappa shape index (κ3) is 1.80. The summed E-state index contributed by atoms with van der Waals surface area (Å²) in [6.07, 6.45) is 13.2. The van der Waals surface area contributed by atoms with Gasteiger partial charge in [0.25, 0.3) is 0 Å². The summed E-state index contributed by atoms with van der Waals surface area (Å²) in [7, 11) is 0. The Bertz CT molecular complexity index is 411. The van der Waals surface area contributed by atoms with Gasteiger partial charge in [-0.2, -0.15) is 0 Å². The van der Waals surface area contributed by atoms with Crippen molar-refractivity contribution in [3.8, 4) is 12.3 Å². The molecule has 0 radical (unpaired) electrons. The topological polar surface area (TPSA) is 13.1 Å². The number of allylic oxidation sites excluding steroid dienone is 2. The molecule has 72 valence electrons. The molecule has 0 aliphatic heterocycles. The molecule has 0 N–H and O–H groups in total. The highest BCUT2D eigenvalue weighted by molar-refractivity contribution is 5.67. The standard InChI is InChI=1S/C13H14O/c1-5-8-12-10(4)14-13(9-6-2)11(12)7-3/h3,5-6,8-9H,1-2,4H3/b8-5-,9-6-. The van der Waals surface area contributed by atoms with Gasteiger partial charge in [0.05, 0.1) is 5.56 Å². The van der Waals surface area contributed by atoms with Gasteiger partial charge in [-0.25, -0.2) is 0 Å². The van der Waals surface area contributed by atoms with Crippen LogP contribution in [0.1, 0.15) is 36.5 Å². The lowest BCUT2D eigenvalue weighted by molar-refractivity contribution is 0.523. The first-order chi connectivity index (χ1) is 6.74. The second-order valence-corrected chi connectivity index (χ2v) is 2.96. The van der Waals surface area contributed by atoms with E-state index in [0.29, 0.717) is 0 Å². The van der Waals surface area contributed by atoms with Gasteiger partial charge in [-0.15, -0.1) is 6.42 Å². The largest absolute Gasteiger partial charge is 0.460 e. The Balaban J connectivity index is 3.37. The zero-order chi connectivity index (χ0) is 10.6. The first kappa shape index (κ1) is 10.4. The lowest BCUT2D eigenvalue weighted by Gasteiger charge is -1.89. The van der Waals surface area contributed by atoms with Crippen LogP contribution in [-0.4, -0.2) is 0 Å². The van der Waals surface area contributed by atoms with Gasteiger partial charge < -0.3 is 4.42 Å². The zero-order valence-corrected chi connectivity index (χ0v) is 8.79. The van der Waals surface area contributed by atoms with E-state index in [-0.39, 0.29) is 0 Å². The first-order valence-corrected chi connectivity index (χ1v) is 4.60. The van der Waals surface area contributed by atoms with Crippen LogP contribution in [0.25, 0.3) is 12.2 Å². The van der Waals surface area contributed by atoms with Crippen molar-refractivity contribution in [3.05, 3.63) is 34.8 Å². The molecule has 0 aliphatic rings. The monoisotopic (exact) mass is 186 g/mol. The maximum absolute atomic E-state index is 5.55. The number of furan rings is 1. The van der Waals surface area contributed by atoms with Gasteiger partial charge in [0, 0.05) is 5.56 Å². The lowest BCUT2D eigenvalue weighted by Crippen LogP contribution is -1.78. The molecule has 0 spiro atoms. The van der Waals surface area contributed by atoms with Crippen molar-refractivity contribution in [2.24, 2.45) is 0 Å². The third-order valence-electron chi connectivity index (χ3n) is 1.95. The highest BCUT2D eigenvalue weighted by Gasteiger charge is 2.11. The summed E-state index contributed by atoms with van der Waals surface area (Å²) >= 11 is 0. The maximum atomic E-state index is 5.55. The normalized spacial score (nSPS) is 11.3. The van der Waals surface area contributed by atoms with Gasteiger partial charge in [-0.3, -0.25) is 0 Å². The van der Waals surface area contributed by atoms with E-state index < -0.39 is 0 Å². The van der Waals surface area contributed by atoms with E-state index in [9.17, 15) is 0 Å². The molecule has 1 heteroatoms. The predicted molar refractivity (Wildman–Crippen MR) is 60.8 cm³/mol. The molecule has 1 heterocycles. The molecule has 1 nitrogen and oxygen atoms in total. The van der Waals surface area contributed by atoms with Crippen LogP contribution in [0.15, 0.2) is 16.6 Å². The molecule has 0 unspecified atom stereocenters. The summed E-state index contributed by atoms with van der Waals surface area (Å²) in [5.74, 6) is 4.29. The second kappa shape index (κ2) is 4.53. The highest BCUT2D eigenvalue weighted by atomic mass is 16.3. The van der Waals surface area contributed by atoms with Gasteiger partial charge in [-0.05, 0) is 26.8 Å². The van der Waals surface area contributed by atoms with Crippen molar-refractivity contribution in [2.75, 3.05) is 0 Å². The van der Waals surface area contributed by atoms with E-state index in [2.05, 4.69) is 5.92 Å². The Kier molecular flexibility index (Phi) is 3.36. The molecule has 1 aromatic rings. The minimum Gasteiger partial charge on any atom is -0.460 e. The molecule has 1 aromatic heterocycles. The molecular formula is C13H14O. The minimum absolute atomic E-state index is 0.764. The Morgan fingerprint density at radius 2 is 1.86 bits per heavy atom. The molecule has 14 heavy (non-hydrogen) atoms. The van der Waals surface area contributed by atoms with Crippen molar-refractivity contribution < 1.29 is 4.42 Å². The fraction of sp³-hybridized carbons (Fsp3) is 0.231. The van der Waals surface area contributed by atoms with E-state index in [1.165, 1.54) is 0 Å². The third-order valence-corrected chi connectivity index (χ3v) is 1.95. The van der Waals surface area contributed by atoms with Gasteiger partial charge in [-0.1, -0.05) is 24.1 Å². The number of terminal acetylenes is 1. The molecule has 1 rings (SSSR count). The minimum atomic E-state index is 0.764. The van der Waals surface area contributed by atoms with Crippen LogP contribution in [-0.2, 0) is 0 Å². The van der Waals surface area contributed by atoms with Gasteiger partial charge in [0.15, 0.2) is 0 Å². The Morgan fingerprint density at radius 1 is 1.21 bits per heavy atom. The number of hydrogen-bond donors (Lipinski definition) is 0. The van der Waals surface area contributed by atoms with E-state index in [1.54, 1.807) is 0 Å². The van der Waals surface area contributed by atoms with E-state index in [0.717, 1.165) is 22.6 Å². The summed E-state index contributed by atoms with van der Waals surface area (Å²) in [5, 5.41) is 0. The summed E-state index contributed by atoms with van der Waals surface area (Å²) in [6, 6.07) is 0. The number of hydrogen-bond acceptors (Lipinski definition) is 1. The molecule has 0 bridgehead atoms. The van der Waals surface area contributed by atoms with E-state index in [1.807, 2.05) is 45.1 Å². The molecule has 0 amide bonds. The Hall–Kier alpha value is -1.68. The quantitative estimate of drug-likeness (QED) is 0.643.